The lowest BCUT2D eigenvalue weighted by molar-refractivity contribution is -0.134. The van der Waals surface area contributed by atoms with Crippen LogP contribution in [0.1, 0.15) is 37.3 Å². The molecule has 3 heterocycles. The normalized spacial score (nSPS) is 21.4. The van der Waals surface area contributed by atoms with Crippen LogP contribution in [0.15, 0.2) is 18.2 Å². The van der Waals surface area contributed by atoms with E-state index in [0.717, 1.165) is 48.2 Å². The van der Waals surface area contributed by atoms with E-state index in [9.17, 15) is 9.59 Å². The molecule has 2 saturated heterocycles. The van der Waals surface area contributed by atoms with Crippen LogP contribution < -0.4 is 15.5 Å². The summed E-state index contributed by atoms with van der Waals surface area (Å²) < 4.78 is 1.83. The topological polar surface area (TPSA) is 99.5 Å². The van der Waals surface area contributed by atoms with Gasteiger partial charge in [0.25, 0.3) is 0 Å². The Kier molecular flexibility index (Phi) is 5.32. The number of imide groups is 1. The molecule has 1 unspecified atom stereocenters. The van der Waals surface area contributed by atoms with E-state index in [4.69, 9.17) is 5.11 Å². The van der Waals surface area contributed by atoms with Gasteiger partial charge in [-0.05, 0) is 37.5 Å². The van der Waals surface area contributed by atoms with E-state index in [1.807, 2.05) is 17.8 Å². The molecule has 1 aromatic carbocycles. The molecular formula is C20H27N5O3. The van der Waals surface area contributed by atoms with Gasteiger partial charge in [0, 0.05) is 50.2 Å². The zero-order valence-electron chi connectivity index (χ0n) is 16.1. The van der Waals surface area contributed by atoms with Gasteiger partial charge in [-0.1, -0.05) is 0 Å². The van der Waals surface area contributed by atoms with Gasteiger partial charge >= 0.3 is 0 Å². The van der Waals surface area contributed by atoms with Crippen molar-refractivity contribution in [1.82, 2.24) is 20.4 Å². The molecule has 28 heavy (non-hydrogen) atoms. The van der Waals surface area contributed by atoms with Gasteiger partial charge in [0.2, 0.25) is 11.8 Å². The zero-order valence-corrected chi connectivity index (χ0v) is 16.1. The highest BCUT2D eigenvalue weighted by atomic mass is 16.3. The van der Waals surface area contributed by atoms with Crippen molar-refractivity contribution in [2.24, 2.45) is 7.05 Å². The van der Waals surface area contributed by atoms with E-state index in [1.165, 1.54) is 0 Å². The van der Waals surface area contributed by atoms with Crippen LogP contribution >= 0.6 is 0 Å². The van der Waals surface area contributed by atoms with Gasteiger partial charge in [0.05, 0.1) is 23.7 Å². The zero-order chi connectivity index (χ0) is 19.7. The highest BCUT2D eigenvalue weighted by Gasteiger charge is 2.31. The van der Waals surface area contributed by atoms with Crippen LogP contribution in [0.3, 0.4) is 0 Å². The van der Waals surface area contributed by atoms with E-state index < -0.39 is 0 Å². The Morgan fingerprint density at radius 3 is 2.75 bits per heavy atom. The highest BCUT2D eigenvalue weighted by Crippen LogP contribution is 2.32. The second-order valence-corrected chi connectivity index (χ2v) is 7.65. The maximum absolute atomic E-state index is 12.3. The fourth-order valence-corrected chi connectivity index (χ4v) is 4.29. The largest absolute Gasteiger partial charge is 0.395 e. The minimum atomic E-state index is -0.374. The summed E-state index contributed by atoms with van der Waals surface area (Å²) in [5.41, 5.74) is 2.91. The monoisotopic (exact) mass is 385 g/mol. The van der Waals surface area contributed by atoms with E-state index in [1.54, 1.807) is 0 Å². The number of carbonyl (C=O) groups is 2. The smallest absolute Gasteiger partial charge is 0.235 e. The first-order valence-corrected chi connectivity index (χ1v) is 9.96. The first-order chi connectivity index (χ1) is 13.6. The molecule has 2 amide bonds. The number of aliphatic hydroxyl groups is 1. The van der Waals surface area contributed by atoms with Gasteiger partial charge in [-0.15, -0.1) is 0 Å². The van der Waals surface area contributed by atoms with Gasteiger partial charge in [0.1, 0.15) is 0 Å². The lowest BCUT2D eigenvalue weighted by Gasteiger charge is -2.34. The van der Waals surface area contributed by atoms with Crippen LogP contribution in [-0.2, 0) is 16.6 Å². The van der Waals surface area contributed by atoms with Crippen LogP contribution in [-0.4, -0.2) is 59.0 Å². The van der Waals surface area contributed by atoms with Gasteiger partial charge < -0.3 is 15.3 Å². The van der Waals surface area contributed by atoms with E-state index in [2.05, 4.69) is 32.8 Å². The lowest BCUT2D eigenvalue weighted by Crippen LogP contribution is -2.43. The van der Waals surface area contributed by atoms with Crippen molar-refractivity contribution >= 4 is 28.4 Å². The Bertz CT molecular complexity index is 885. The number of hydrogen-bond acceptors (Lipinski definition) is 6. The van der Waals surface area contributed by atoms with Crippen molar-refractivity contribution in [3.63, 3.8) is 0 Å². The fourth-order valence-electron chi connectivity index (χ4n) is 4.29. The second kappa shape index (κ2) is 7.89. The molecule has 0 spiro atoms. The Morgan fingerprint density at radius 2 is 2.04 bits per heavy atom. The maximum atomic E-state index is 12.3. The highest BCUT2D eigenvalue weighted by molar-refractivity contribution is 6.02. The molecule has 0 saturated carbocycles. The minimum absolute atomic E-state index is 0.173. The summed E-state index contributed by atoms with van der Waals surface area (Å²) in [4.78, 5) is 26.1. The summed E-state index contributed by atoms with van der Waals surface area (Å²) in [6.45, 7) is 2.75. The molecule has 150 valence electrons. The third-order valence-electron chi connectivity index (χ3n) is 5.84. The number of aryl methyl sites for hydroxylation is 1. The third kappa shape index (κ3) is 3.62. The second-order valence-electron chi connectivity index (χ2n) is 7.65. The van der Waals surface area contributed by atoms with Crippen molar-refractivity contribution in [3.8, 4) is 0 Å². The van der Waals surface area contributed by atoms with Crippen molar-refractivity contribution in [2.75, 3.05) is 31.1 Å². The summed E-state index contributed by atoms with van der Waals surface area (Å²) in [6.07, 6.45) is 2.95. The number of anilines is 1. The minimum Gasteiger partial charge on any atom is -0.395 e. The summed E-state index contributed by atoms with van der Waals surface area (Å²) in [7, 11) is 1.90. The third-order valence-corrected chi connectivity index (χ3v) is 5.84. The Labute approximate surface area is 163 Å². The lowest BCUT2D eigenvalue weighted by atomic mass is 9.92. The van der Waals surface area contributed by atoms with Gasteiger partial charge in [-0.25, -0.2) is 0 Å². The average Bonchev–Trinajstić information content (AvgIpc) is 3.03. The average molecular weight is 385 g/mol. The molecule has 8 nitrogen and oxygen atoms in total. The molecular weight excluding hydrogens is 358 g/mol. The molecule has 1 aromatic heterocycles. The van der Waals surface area contributed by atoms with Crippen LogP contribution in [0, 0.1) is 0 Å². The first kappa shape index (κ1) is 18.9. The number of nitrogens with zero attached hydrogens (tertiary/aromatic N) is 3. The number of piperidine rings is 2. The Hall–Kier alpha value is -2.45. The molecule has 3 N–H and O–H groups in total. The number of hydrogen-bond donors (Lipinski definition) is 3. The van der Waals surface area contributed by atoms with E-state index in [0.29, 0.717) is 25.4 Å². The quantitative estimate of drug-likeness (QED) is 0.654. The molecule has 0 radical (unpaired) electrons. The molecule has 0 bridgehead atoms. The van der Waals surface area contributed by atoms with Crippen molar-refractivity contribution < 1.29 is 14.7 Å². The molecule has 2 aromatic rings. The summed E-state index contributed by atoms with van der Waals surface area (Å²) in [5, 5.41) is 20.3. The molecule has 2 aliphatic rings. The first-order valence-electron chi connectivity index (χ1n) is 9.96. The number of rotatable bonds is 5. The number of benzene rings is 1. The number of nitrogens with one attached hydrogen (secondary N) is 2. The molecule has 1 atom stereocenters. The van der Waals surface area contributed by atoms with Gasteiger partial charge in [-0.3, -0.25) is 19.6 Å². The fraction of sp³-hybridized carbons (Fsp3) is 0.550. The van der Waals surface area contributed by atoms with Crippen molar-refractivity contribution in [2.45, 2.75) is 37.6 Å². The Balaban J connectivity index is 1.53. The Morgan fingerprint density at radius 1 is 1.25 bits per heavy atom. The molecule has 2 fully saturated rings. The van der Waals surface area contributed by atoms with Gasteiger partial charge in [-0.2, -0.15) is 5.10 Å². The van der Waals surface area contributed by atoms with E-state index >= 15 is 0 Å². The predicted octanol–water partition coefficient (Wildman–Crippen LogP) is 0.644. The van der Waals surface area contributed by atoms with Crippen LogP contribution in [0.2, 0.25) is 0 Å². The molecule has 4 rings (SSSR count). The standard InChI is InChI=1S/C20H27N5O3/c1-24-17-12-14(25-9-6-13(7-10-25)21-8-11-26)2-3-15(17)19(23-24)16-4-5-18(27)22-20(16)28/h2-3,12-13,16,21,26H,4-11H2,1H3,(H,22,27,28). The molecule has 8 heteroatoms. The SMILES string of the molecule is Cn1nc(C2CCC(=O)NC2=O)c2ccc(N3CCC(NCCO)CC3)cc21. The summed E-state index contributed by atoms with van der Waals surface area (Å²) in [5.74, 6) is -0.834. The maximum Gasteiger partial charge on any atom is 0.235 e. The summed E-state index contributed by atoms with van der Waals surface area (Å²) >= 11 is 0. The number of amides is 2. The van der Waals surface area contributed by atoms with Gasteiger partial charge in [0.15, 0.2) is 0 Å². The summed E-state index contributed by atoms with van der Waals surface area (Å²) in [6, 6.07) is 6.75. The van der Waals surface area contributed by atoms with E-state index in [-0.39, 0.29) is 24.3 Å². The molecule has 0 aliphatic carbocycles. The number of fused-ring (bicyclic) bond motifs is 1. The molecule has 2 aliphatic heterocycles. The van der Waals surface area contributed by atoms with Crippen molar-refractivity contribution in [3.05, 3.63) is 23.9 Å². The number of carbonyl (C=O) groups excluding carboxylic acids is 2. The predicted molar refractivity (Wildman–Crippen MR) is 106 cm³/mol. The van der Waals surface area contributed by atoms with Crippen LogP contribution in [0.25, 0.3) is 10.9 Å². The number of aliphatic hydroxyl groups excluding tert-OH is 1. The van der Waals surface area contributed by atoms with Crippen LogP contribution in [0.5, 0.6) is 0 Å². The van der Waals surface area contributed by atoms with Crippen molar-refractivity contribution in [1.29, 1.82) is 0 Å². The van der Waals surface area contributed by atoms with Crippen LogP contribution in [0.4, 0.5) is 5.69 Å². The number of aromatic nitrogens is 2.